The van der Waals surface area contributed by atoms with Gasteiger partial charge >= 0.3 is 0 Å². The molecule has 21 heavy (non-hydrogen) atoms. The van der Waals surface area contributed by atoms with Crippen LogP contribution in [0.3, 0.4) is 0 Å². The van der Waals surface area contributed by atoms with Gasteiger partial charge in [0.05, 0.1) is 0 Å². The van der Waals surface area contributed by atoms with Crippen LogP contribution in [0, 0.1) is 11.6 Å². The normalized spacial score (nSPS) is 10.8. The molecule has 1 aromatic heterocycles. The first-order valence-corrected chi connectivity index (χ1v) is 6.65. The summed E-state index contributed by atoms with van der Waals surface area (Å²) < 4.78 is 27.4. The van der Waals surface area contributed by atoms with Gasteiger partial charge in [-0.2, -0.15) is 0 Å². The highest BCUT2D eigenvalue weighted by Crippen LogP contribution is 2.31. The van der Waals surface area contributed by atoms with Gasteiger partial charge in [0.25, 0.3) is 0 Å². The summed E-state index contributed by atoms with van der Waals surface area (Å²) in [6, 6.07) is 10.7. The summed E-state index contributed by atoms with van der Waals surface area (Å²) in [4.78, 5) is 0. The number of aromatic nitrogens is 2. The maximum Gasteiger partial charge on any atom is 0.156 e. The molecule has 0 aliphatic carbocycles. The predicted octanol–water partition coefficient (Wildman–Crippen LogP) is 4.01. The molecule has 0 spiro atoms. The van der Waals surface area contributed by atoms with Crippen LogP contribution in [0.5, 0.6) is 0 Å². The van der Waals surface area contributed by atoms with Crippen molar-refractivity contribution in [2.24, 2.45) is 0 Å². The average molecular weight is 285 g/mol. The zero-order valence-corrected chi connectivity index (χ0v) is 11.4. The molecule has 0 amide bonds. The van der Waals surface area contributed by atoms with Gasteiger partial charge in [0.15, 0.2) is 5.82 Å². The van der Waals surface area contributed by atoms with Crippen molar-refractivity contribution in [3.05, 3.63) is 54.1 Å². The molecule has 3 aromatic rings. The van der Waals surface area contributed by atoms with Crippen molar-refractivity contribution >= 4 is 16.6 Å². The van der Waals surface area contributed by atoms with Crippen molar-refractivity contribution in [3.8, 4) is 11.3 Å². The van der Waals surface area contributed by atoms with Gasteiger partial charge in [-0.3, -0.25) is 0 Å². The van der Waals surface area contributed by atoms with Crippen molar-refractivity contribution in [1.29, 1.82) is 0 Å². The highest BCUT2D eigenvalue weighted by atomic mass is 19.1. The van der Waals surface area contributed by atoms with Crippen molar-refractivity contribution in [3.63, 3.8) is 0 Å². The number of rotatable bonds is 3. The molecule has 0 bridgehead atoms. The van der Waals surface area contributed by atoms with E-state index in [1.54, 1.807) is 0 Å². The summed E-state index contributed by atoms with van der Waals surface area (Å²) in [5, 5.41) is 12.8. The van der Waals surface area contributed by atoms with Crippen LogP contribution in [-0.2, 0) is 0 Å². The number of anilines is 1. The number of hydrogen-bond acceptors (Lipinski definition) is 3. The maximum absolute atomic E-state index is 14.0. The third kappa shape index (κ3) is 2.42. The van der Waals surface area contributed by atoms with Gasteiger partial charge in [0.1, 0.15) is 17.3 Å². The van der Waals surface area contributed by atoms with Gasteiger partial charge in [-0.1, -0.05) is 24.3 Å². The summed E-state index contributed by atoms with van der Waals surface area (Å²) >= 11 is 0. The summed E-state index contributed by atoms with van der Waals surface area (Å²) in [7, 11) is 0. The first kappa shape index (κ1) is 13.4. The first-order chi connectivity index (χ1) is 10.2. The molecular formula is C16H13F2N3. The Balaban J connectivity index is 2.29. The van der Waals surface area contributed by atoms with E-state index in [4.69, 9.17) is 0 Å². The quantitative estimate of drug-likeness (QED) is 0.790. The van der Waals surface area contributed by atoms with Crippen LogP contribution >= 0.6 is 0 Å². The number of nitrogens with one attached hydrogen (secondary N) is 1. The molecule has 106 valence electrons. The molecule has 0 saturated carbocycles. The number of fused-ring (bicyclic) bond motifs is 1. The fraction of sp³-hybridized carbons (Fsp3) is 0.125. The fourth-order valence-electron chi connectivity index (χ4n) is 2.28. The Bertz CT molecular complexity index is 803. The minimum absolute atomic E-state index is 0.113. The molecule has 3 nitrogen and oxygen atoms in total. The lowest BCUT2D eigenvalue weighted by Crippen LogP contribution is -2.03. The van der Waals surface area contributed by atoms with Gasteiger partial charge < -0.3 is 5.32 Å². The minimum atomic E-state index is -0.521. The lowest BCUT2D eigenvalue weighted by atomic mass is 10.0. The van der Waals surface area contributed by atoms with E-state index in [1.807, 2.05) is 31.2 Å². The zero-order chi connectivity index (χ0) is 14.8. The molecule has 0 aliphatic rings. The van der Waals surface area contributed by atoms with Gasteiger partial charge in [-0.05, 0) is 25.1 Å². The van der Waals surface area contributed by atoms with Crippen LogP contribution < -0.4 is 5.32 Å². The van der Waals surface area contributed by atoms with Gasteiger partial charge in [0.2, 0.25) is 0 Å². The highest BCUT2D eigenvalue weighted by Gasteiger charge is 2.14. The van der Waals surface area contributed by atoms with Crippen LogP contribution in [-0.4, -0.2) is 16.7 Å². The minimum Gasteiger partial charge on any atom is -0.368 e. The molecular weight excluding hydrogens is 272 g/mol. The van der Waals surface area contributed by atoms with Crippen LogP contribution in [0.15, 0.2) is 42.5 Å². The first-order valence-electron chi connectivity index (χ1n) is 6.65. The number of halogens is 2. The van der Waals surface area contributed by atoms with Crippen LogP contribution in [0.2, 0.25) is 0 Å². The topological polar surface area (TPSA) is 37.8 Å². The van der Waals surface area contributed by atoms with Gasteiger partial charge in [-0.25, -0.2) is 8.78 Å². The van der Waals surface area contributed by atoms with Crippen LogP contribution in [0.25, 0.3) is 22.0 Å². The SMILES string of the molecule is CCNc1nnc(-c2cc(F)ccc2F)c2ccccc12. The number of nitrogens with zero attached hydrogens (tertiary/aromatic N) is 2. The molecule has 0 unspecified atom stereocenters. The second-order valence-electron chi connectivity index (χ2n) is 4.60. The van der Waals surface area contributed by atoms with Crippen LogP contribution in [0.4, 0.5) is 14.6 Å². The lowest BCUT2D eigenvalue weighted by molar-refractivity contribution is 0.602. The third-order valence-corrected chi connectivity index (χ3v) is 3.22. The summed E-state index contributed by atoms with van der Waals surface area (Å²) in [6.07, 6.45) is 0. The van der Waals surface area contributed by atoms with E-state index in [0.717, 1.165) is 29.0 Å². The molecule has 0 aliphatic heterocycles. The summed E-state index contributed by atoms with van der Waals surface area (Å²) in [5.41, 5.74) is 0.450. The second-order valence-corrected chi connectivity index (χ2v) is 4.60. The molecule has 1 N–H and O–H groups in total. The van der Waals surface area contributed by atoms with Crippen molar-refractivity contribution in [2.75, 3.05) is 11.9 Å². The van der Waals surface area contributed by atoms with E-state index in [1.165, 1.54) is 0 Å². The zero-order valence-electron chi connectivity index (χ0n) is 11.4. The molecule has 0 fully saturated rings. The van der Waals surface area contributed by atoms with Crippen molar-refractivity contribution in [1.82, 2.24) is 10.2 Å². The predicted molar refractivity (Wildman–Crippen MR) is 79.1 cm³/mol. The molecule has 0 atom stereocenters. The Kier molecular flexibility index (Phi) is 3.48. The number of benzene rings is 2. The average Bonchev–Trinajstić information content (AvgIpc) is 2.51. The standard InChI is InChI=1S/C16H13F2N3/c1-2-19-16-12-6-4-3-5-11(12)15(20-21-16)13-9-10(17)7-8-14(13)18/h3-9H,2H2,1H3,(H,19,21). The van der Waals surface area contributed by atoms with E-state index in [2.05, 4.69) is 15.5 Å². The maximum atomic E-state index is 14.0. The van der Waals surface area contributed by atoms with E-state index >= 15 is 0 Å². The molecule has 5 heteroatoms. The molecule has 2 aromatic carbocycles. The highest BCUT2D eigenvalue weighted by molar-refractivity contribution is 6.00. The van der Waals surface area contributed by atoms with E-state index < -0.39 is 11.6 Å². The Morgan fingerprint density at radius 3 is 2.52 bits per heavy atom. The summed E-state index contributed by atoms with van der Waals surface area (Å²) in [5.74, 6) is -0.395. The van der Waals surface area contributed by atoms with E-state index in [9.17, 15) is 8.78 Å². The lowest BCUT2D eigenvalue weighted by Gasteiger charge is -2.10. The van der Waals surface area contributed by atoms with E-state index in [-0.39, 0.29) is 5.56 Å². The molecule has 0 radical (unpaired) electrons. The Morgan fingerprint density at radius 1 is 1.00 bits per heavy atom. The Morgan fingerprint density at radius 2 is 1.76 bits per heavy atom. The van der Waals surface area contributed by atoms with Gasteiger partial charge in [0, 0.05) is 22.9 Å². The van der Waals surface area contributed by atoms with Crippen LogP contribution in [0.1, 0.15) is 6.92 Å². The second kappa shape index (κ2) is 5.44. The molecule has 3 rings (SSSR count). The largest absolute Gasteiger partial charge is 0.368 e. The molecule has 1 heterocycles. The number of hydrogen-bond donors (Lipinski definition) is 1. The van der Waals surface area contributed by atoms with E-state index in [0.29, 0.717) is 18.1 Å². The Labute approximate surface area is 120 Å². The smallest absolute Gasteiger partial charge is 0.156 e. The van der Waals surface area contributed by atoms with Crippen molar-refractivity contribution in [2.45, 2.75) is 6.92 Å². The summed E-state index contributed by atoms with van der Waals surface area (Å²) in [6.45, 7) is 2.66. The van der Waals surface area contributed by atoms with Crippen molar-refractivity contribution < 1.29 is 8.78 Å². The fourth-order valence-corrected chi connectivity index (χ4v) is 2.28. The van der Waals surface area contributed by atoms with Gasteiger partial charge in [-0.15, -0.1) is 10.2 Å². The third-order valence-electron chi connectivity index (χ3n) is 3.22. The Hall–Kier alpha value is -2.56. The monoisotopic (exact) mass is 285 g/mol. The molecule has 0 saturated heterocycles.